The highest BCUT2D eigenvalue weighted by molar-refractivity contribution is 7.92. The van der Waals surface area contributed by atoms with Crippen LogP contribution in [0.25, 0.3) is 0 Å². The van der Waals surface area contributed by atoms with E-state index in [2.05, 4.69) is 28.2 Å². The van der Waals surface area contributed by atoms with Gasteiger partial charge in [-0.2, -0.15) is 0 Å². The molecule has 4 aliphatic carbocycles. The third-order valence-corrected chi connectivity index (χ3v) is 15.9. The van der Waals surface area contributed by atoms with Crippen LogP contribution >= 0.6 is 0 Å². The molecule has 0 aromatic heterocycles. The molecule has 5 amide bonds. The highest BCUT2D eigenvalue weighted by Gasteiger charge is 2.48. The number of rotatable bonds is 16. The first-order valence-corrected chi connectivity index (χ1v) is 22.7. The third kappa shape index (κ3) is 11.0. The Labute approximate surface area is 324 Å². The number of hydrogen-bond donors (Lipinski definition) is 4. The number of nitrogens with one attached hydrogen (secondary N) is 4. The predicted molar refractivity (Wildman–Crippen MR) is 209 cm³/mol. The van der Waals surface area contributed by atoms with E-state index < -0.39 is 61.9 Å². The molecule has 12 nitrogen and oxygen atoms in total. The second-order valence-electron chi connectivity index (χ2n) is 19.3. The number of ketones is 1. The molecule has 1 heterocycles. The number of amides is 5. The minimum Gasteiger partial charge on any atom is -0.347 e. The Balaban J connectivity index is 1.38. The molecule has 13 heteroatoms. The summed E-state index contributed by atoms with van der Waals surface area (Å²) in [5, 5.41) is 11.8. The van der Waals surface area contributed by atoms with Gasteiger partial charge in [-0.15, -0.1) is 0 Å². The summed E-state index contributed by atoms with van der Waals surface area (Å²) in [5.74, 6) is -1.88. The van der Waals surface area contributed by atoms with Gasteiger partial charge in [-0.3, -0.25) is 19.2 Å². The minimum absolute atomic E-state index is 0.0121. The van der Waals surface area contributed by atoms with E-state index in [-0.39, 0.29) is 35.0 Å². The van der Waals surface area contributed by atoms with Gasteiger partial charge in [0.05, 0.1) is 22.1 Å². The smallest absolute Gasteiger partial charge is 0.315 e. The van der Waals surface area contributed by atoms with Crippen molar-refractivity contribution in [3.8, 4) is 0 Å². The first kappa shape index (κ1) is 42.4. The second kappa shape index (κ2) is 17.2. The van der Waals surface area contributed by atoms with Crippen molar-refractivity contribution in [1.29, 1.82) is 0 Å². The number of Topliss-reactive ketones (excluding diaryl/α,β-unsaturated/α-hetero) is 1. The van der Waals surface area contributed by atoms with E-state index in [9.17, 15) is 32.4 Å². The van der Waals surface area contributed by atoms with Gasteiger partial charge in [-0.25, -0.2) is 13.2 Å². The molecule has 5 fully saturated rings. The molecule has 0 unspecified atom stereocenters. The van der Waals surface area contributed by atoms with Gasteiger partial charge in [-0.05, 0) is 108 Å². The zero-order chi connectivity index (χ0) is 39.5. The lowest BCUT2D eigenvalue weighted by molar-refractivity contribution is -0.144. The number of carbonyl (C=O) groups is 5. The first-order chi connectivity index (χ1) is 25.3. The molecule has 5 aliphatic rings. The van der Waals surface area contributed by atoms with Gasteiger partial charge in [0.1, 0.15) is 12.1 Å². The average molecular weight is 776 g/mol. The van der Waals surface area contributed by atoms with Crippen LogP contribution in [-0.4, -0.2) is 89.6 Å². The summed E-state index contributed by atoms with van der Waals surface area (Å²) in [4.78, 5) is 71.2. The fourth-order valence-electron chi connectivity index (χ4n) is 9.13. The molecule has 0 aromatic carbocycles. The van der Waals surface area contributed by atoms with E-state index in [0.717, 1.165) is 83.5 Å². The Bertz CT molecular complexity index is 1490. The molecule has 0 spiro atoms. The number of urea groups is 1. The number of hydrogen-bond acceptors (Lipinski definition) is 7. The molecule has 0 bridgehead atoms. The molecule has 5 rings (SSSR count). The first-order valence-electron chi connectivity index (χ1n) is 21.1. The maximum absolute atomic E-state index is 14.9. The van der Waals surface area contributed by atoms with Gasteiger partial charge in [0.15, 0.2) is 9.84 Å². The van der Waals surface area contributed by atoms with Crippen LogP contribution in [0.15, 0.2) is 0 Å². The van der Waals surface area contributed by atoms with Crippen LogP contribution in [0.5, 0.6) is 0 Å². The van der Waals surface area contributed by atoms with Crippen molar-refractivity contribution in [3.05, 3.63) is 0 Å². The molecular weight excluding hydrogens is 707 g/mol. The molecule has 54 heavy (non-hydrogen) atoms. The molecule has 0 aromatic rings. The van der Waals surface area contributed by atoms with Crippen molar-refractivity contribution in [2.75, 3.05) is 12.3 Å². The summed E-state index contributed by atoms with van der Waals surface area (Å²) in [7, 11) is -3.56. The van der Waals surface area contributed by atoms with E-state index in [1.165, 1.54) is 0 Å². The Morgan fingerprint density at radius 2 is 1.43 bits per heavy atom. The predicted octanol–water partition coefficient (Wildman–Crippen LogP) is 5.33. The van der Waals surface area contributed by atoms with Crippen molar-refractivity contribution >= 4 is 39.4 Å². The minimum atomic E-state index is -3.56. The quantitative estimate of drug-likeness (QED) is 0.154. The van der Waals surface area contributed by atoms with Crippen LogP contribution in [0.1, 0.15) is 157 Å². The van der Waals surface area contributed by atoms with Crippen LogP contribution < -0.4 is 21.3 Å². The lowest BCUT2D eigenvalue weighted by Crippen LogP contribution is -2.62. The number of carbonyl (C=O) groups excluding carboxylic acids is 5. The normalized spacial score (nSPS) is 25.4. The molecule has 4 saturated carbocycles. The summed E-state index contributed by atoms with van der Waals surface area (Å²) in [5.41, 5.74) is -1.14. The standard InChI is InChI=1S/C41H69N5O7S/c1-27(2)30-19-24-46(33(30)35(48)43-31(18-15-28-13-14-28)34(47)36(49)42-29-16-17-29)37(50)32(25-40(6)20-9-7-10-21-40)44-38(51)45-41(22-11-8-12-23-41)26-54(52,53)39(3,4)5/h27-33H,7-26H2,1-6H3,(H,42,49)(H,43,48)(H2,44,45,51)/t30-,31+,32+,33+/m1/s1. The van der Waals surface area contributed by atoms with E-state index in [4.69, 9.17) is 0 Å². The van der Waals surface area contributed by atoms with Crippen molar-refractivity contribution < 1.29 is 32.4 Å². The topological polar surface area (TPSA) is 171 Å². The van der Waals surface area contributed by atoms with Gasteiger partial charge in [0, 0.05) is 12.6 Å². The van der Waals surface area contributed by atoms with Crippen molar-refractivity contribution in [3.63, 3.8) is 0 Å². The Morgan fingerprint density at radius 1 is 0.815 bits per heavy atom. The molecule has 1 saturated heterocycles. The highest BCUT2D eigenvalue weighted by Crippen LogP contribution is 2.41. The van der Waals surface area contributed by atoms with Crippen LogP contribution in [0.2, 0.25) is 0 Å². The van der Waals surface area contributed by atoms with Gasteiger partial charge >= 0.3 is 6.03 Å². The Kier molecular flexibility index (Phi) is 13.5. The van der Waals surface area contributed by atoms with Crippen LogP contribution in [0.3, 0.4) is 0 Å². The second-order valence-corrected chi connectivity index (χ2v) is 22.0. The van der Waals surface area contributed by atoms with E-state index in [1.54, 1.807) is 25.7 Å². The molecule has 1 aliphatic heterocycles. The van der Waals surface area contributed by atoms with Gasteiger partial charge < -0.3 is 26.2 Å². The molecule has 4 atom stereocenters. The average Bonchev–Trinajstić information content (AvgIpc) is 4.03. The van der Waals surface area contributed by atoms with Crippen molar-refractivity contribution in [1.82, 2.24) is 26.2 Å². The van der Waals surface area contributed by atoms with Gasteiger partial charge in [0.25, 0.3) is 5.91 Å². The van der Waals surface area contributed by atoms with Gasteiger partial charge in [0.2, 0.25) is 17.6 Å². The summed E-state index contributed by atoms with van der Waals surface area (Å²) >= 11 is 0. The number of likely N-dealkylation sites (tertiary alicyclic amines) is 1. The Hall–Kier alpha value is -2.70. The third-order valence-electron chi connectivity index (χ3n) is 13.1. The monoisotopic (exact) mass is 775 g/mol. The maximum atomic E-state index is 14.9. The van der Waals surface area contributed by atoms with E-state index in [1.807, 2.05) is 13.8 Å². The van der Waals surface area contributed by atoms with Gasteiger partial charge in [-0.1, -0.05) is 72.1 Å². The van der Waals surface area contributed by atoms with E-state index >= 15 is 0 Å². The summed E-state index contributed by atoms with van der Waals surface area (Å²) in [6, 6.07) is -3.33. The van der Waals surface area contributed by atoms with Crippen LogP contribution in [0, 0.1) is 23.2 Å². The zero-order valence-electron chi connectivity index (χ0n) is 33.9. The molecule has 306 valence electrons. The molecule has 4 N–H and O–H groups in total. The lowest BCUT2D eigenvalue weighted by atomic mass is 9.71. The largest absolute Gasteiger partial charge is 0.347 e. The maximum Gasteiger partial charge on any atom is 0.315 e. The fraction of sp³-hybridized carbons (Fsp3) is 0.878. The number of sulfone groups is 1. The van der Waals surface area contributed by atoms with Crippen LogP contribution in [0.4, 0.5) is 4.79 Å². The summed E-state index contributed by atoms with van der Waals surface area (Å²) in [6.07, 6.45) is 14.6. The lowest BCUT2D eigenvalue weighted by Gasteiger charge is -2.41. The fourth-order valence-corrected chi connectivity index (χ4v) is 10.6. The van der Waals surface area contributed by atoms with E-state index in [0.29, 0.717) is 44.6 Å². The van der Waals surface area contributed by atoms with Crippen molar-refractivity contribution in [2.45, 2.75) is 192 Å². The van der Waals surface area contributed by atoms with Crippen molar-refractivity contribution in [2.24, 2.45) is 23.2 Å². The number of nitrogens with zero attached hydrogens (tertiary/aromatic N) is 1. The summed E-state index contributed by atoms with van der Waals surface area (Å²) in [6.45, 7) is 11.6. The Morgan fingerprint density at radius 3 is 1.98 bits per heavy atom. The summed E-state index contributed by atoms with van der Waals surface area (Å²) < 4.78 is 26.0. The molecular formula is C41H69N5O7S. The zero-order valence-corrected chi connectivity index (χ0v) is 34.7. The highest BCUT2D eigenvalue weighted by atomic mass is 32.2. The SMILES string of the molecule is CC(C)[C@H]1CCN(C(=O)[C@H](CC2(C)CCCCC2)NC(=O)NC2(CS(=O)(=O)C(C)(C)C)CCCCC2)[C@@H]1C(=O)N[C@@H](CCC1CC1)C(=O)C(=O)NC1CC1. The van der Waals surface area contributed by atoms with Crippen LogP contribution in [-0.2, 0) is 29.0 Å². The molecule has 0 radical (unpaired) electrons.